The number of hydrogen-bond donors (Lipinski definition) is 0. The second-order valence-corrected chi connectivity index (χ2v) is 6.65. The molecule has 3 rings (SSSR count). The first-order chi connectivity index (χ1) is 9.25. The maximum atomic E-state index is 12.3. The summed E-state index contributed by atoms with van der Waals surface area (Å²) in [5.41, 5.74) is -0.767. The van der Waals surface area contributed by atoms with Crippen molar-refractivity contribution in [2.24, 2.45) is 17.8 Å². The van der Waals surface area contributed by atoms with E-state index in [2.05, 4.69) is 0 Å². The summed E-state index contributed by atoms with van der Waals surface area (Å²) in [4.78, 5) is 23.8. The van der Waals surface area contributed by atoms with Gasteiger partial charge in [-0.05, 0) is 37.5 Å². The van der Waals surface area contributed by atoms with Gasteiger partial charge in [0.25, 0.3) is 0 Å². The first kappa shape index (κ1) is 13.3. The van der Waals surface area contributed by atoms with Crippen LogP contribution in [-0.2, 0) is 14.3 Å². The highest BCUT2D eigenvalue weighted by Crippen LogP contribution is 2.46. The molecule has 3 nitrogen and oxygen atoms in total. The maximum Gasteiger partial charge on any atom is 0.152 e. The van der Waals surface area contributed by atoms with Crippen LogP contribution >= 0.6 is 0 Å². The molecule has 0 aromatic rings. The topological polar surface area (TPSA) is 43.4 Å². The Kier molecular flexibility index (Phi) is 3.75. The van der Waals surface area contributed by atoms with E-state index < -0.39 is 5.60 Å². The monoisotopic (exact) mass is 264 g/mol. The molecule has 0 bridgehead atoms. The zero-order valence-electron chi connectivity index (χ0n) is 11.6. The first-order valence-electron chi connectivity index (χ1n) is 7.88. The third-order valence-corrected chi connectivity index (χ3v) is 5.50. The lowest BCUT2D eigenvalue weighted by molar-refractivity contribution is -0.144. The van der Waals surface area contributed by atoms with E-state index in [4.69, 9.17) is 4.74 Å². The van der Waals surface area contributed by atoms with E-state index in [1.165, 1.54) is 25.7 Å². The standard InChI is InChI=1S/C16H24O3/c17-11-16(8-3-9-19-16)15-13(6-7-14(15)18)10-12-4-1-2-5-12/h11-13,15H,1-10H2/t13?,15?,16-/m0/s1. The summed E-state index contributed by atoms with van der Waals surface area (Å²) in [6, 6.07) is 0. The molecule has 1 heterocycles. The SMILES string of the molecule is O=C[C@]1(C2C(=O)CCC2CC2CCCC2)CCCO1. The summed E-state index contributed by atoms with van der Waals surface area (Å²) in [6.45, 7) is 0.638. The van der Waals surface area contributed by atoms with Gasteiger partial charge in [0.15, 0.2) is 6.29 Å². The Hall–Kier alpha value is -0.700. The van der Waals surface area contributed by atoms with Crippen molar-refractivity contribution in [3.05, 3.63) is 0 Å². The van der Waals surface area contributed by atoms with Crippen LogP contribution in [0.15, 0.2) is 0 Å². The lowest BCUT2D eigenvalue weighted by Crippen LogP contribution is -2.44. The van der Waals surface area contributed by atoms with Gasteiger partial charge in [-0.1, -0.05) is 25.7 Å². The Morgan fingerprint density at radius 2 is 2.00 bits per heavy atom. The number of ketones is 1. The quantitative estimate of drug-likeness (QED) is 0.733. The van der Waals surface area contributed by atoms with Gasteiger partial charge in [0, 0.05) is 13.0 Å². The average Bonchev–Trinajstić information content (AvgIpc) is 3.12. The molecule has 0 N–H and O–H groups in total. The predicted molar refractivity (Wildman–Crippen MR) is 71.8 cm³/mol. The summed E-state index contributed by atoms with van der Waals surface area (Å²) in [7, 11) is 0. The fraction of sp³-hybridized carbons (Fsp3) is 0.875. The van der Waals surface area contributed by atoms with Crippen molar-refractivity contribution in [3.8, 4) is 0 Å². The molecule has 3 aliphatic rings. The minimum absolute atomic E-state index is 0.145. The molecule has 3 fully saturated rings. The smallest absolute Gasteiger partial charge is 0.152 e. The van der Waals surface area contributed by atoms with Crippen LogP contribution in [0.5, 0.6) is 0 Å². The molecule has 3 atom stereocenters. The predicted octanol–water partition coefficient (Wildman–Crippen LogP) is 2.91. The Labute approximate surface area is 115 Å². The van der Waals surface area contributed by atoms with Crippen LogP contribution in [0.1, 0.15) is 57.8 Å². The number of aldehydes is 1. The molecule has 106 valence electrons. The number of ether oxygens (including phenoxy) is 1. The van der Waals surface area contributed by atoms with Gasteiger partial charge in [-0.3, -0.25) is 4.79 Å². The van der Waals surface area contributed by atoms with Gasteiger partial charge >= 0.3 is 0 Å². The van der Waals surface area contributed by atoms with Crippen molar-refractivity contribution in [2.75, 3.05) is 6.61 Å². The van der Waals surface area contributed by atoms with Crippen molar-refractivity contribution in [1.82, 2.24) is 0 Å². The molecule has 2 unspecified atom stereocenters. The second kappa shape index (κ2) is 5.35. The third kappa shape index (κ3) is 2.37. The lowest BCUT2D eigenvalue weighted by atomic mass is 9.75. The van der Waals surface area contributed by atoms with Crippen molar-refractivity contribution in [1.29, 1.82) is 0 Å². The molecule has 3 heteroatoms. The highest BCUT2D eigenvalue weighted by atomic mass is 16.5. The fourth-order valence-corrected chi connectivity index (χ4v) is 4.61. The van der Waals surface area contributed by atoms with Crippen molar-refractivity contribution in [3.63, 3.8) is 0 Å². The second-order valence-electron chi connectivity index (χ2n) is 6.65. The average molecular weight is 264 g/mol. The van der Waals surface area contributed by atoms with Gasteiger partial charge in [0.2, 0.25) is 0 Å². The summed E-state index contributed by atoms with van der Waals surface area (Å²) < 4.78 is 5.75. The molecular weight excluding hydrogens is 240 g/mol. The minimum atomic E-state index is -0.767. The van der Waals surface area contributed by atoms with Crippen molar-refractivity contribution < 1.29 is 14.3 Å². The molecular formula is C16H24O3. The van der Waals surface area contributed by atoms with Gasteiger partial charge in [-0.15, -0.1) is 0 Å². The molecule has 0 aromatic heterocycles. The molecule has 0 amide bonds. The molecule has 19 heavy (non-hydrogen) atoms. The van der Waals surface area contributed by atoms with Crippen LogP contribution in [0.2, 0.25) is 0 Å². The van der Waals surface area contributed by atoms with Crippen LogP contribution in [0.25, 0.3) is 0 Å². The van der Waals surface area contributed by atoms with Gasteiger partial charge < -0.3 is 9.53 Å². The summed E-state index contributed by atoms with van der Waals surface area (Å²) in [5.74, 6) is 1.30. The number of carbonyl (C=O) groups excluding carboxylic acids is 2. The van der Waals surface area contributed by atoms with Crippen LogP contribution in [0, 0.1) is 17.8 Å². The first-order valence-corrected chi connectivity index (χ1v) is 7.88. The van der Waals surface area contributed by atoms with E-state index in [1.54, 1.807) is 0 Å². The van der Waals surface area contributed by atoms with Crippen LogP contribution in [0.4, 0.5) is 0 Å². The maximum absolute atomic E-state index is 12.3. The third-order valence-electron chi connectivity index (χ3n) is 5.50. The van der Waals surface area contributed by atoms with Gasteiger partial charge in [0.05, 0.1) is 5.92 Å². The van der Waals surface area contributed by atoms with Gasteiger partial charge in [-0.2, -0.15) is 0 Å². The normalized spacial score (nSPS) is 40.1. The Morgan fingerprint density at radius 1 is 1.21 bits per heavy atom. The Morgan fingerprint density at radius 3 is 2.63 bits per heavy atom. The molecule has 0 radical (unpaired) electrons. The molecule has 1 aliphatic heterocycles. The van der Waals surface area contributed by atoms with E-state index in [1.807, 2.05) is 0 Å². The lowest BCUT2D eigenvalue weighted by Gasteiger charge is -2.33. The summed E-state index contributed by atoms with van der Waals surface area (Å²) >= 11 is 0. The molecule has 0 aromatic carbocycles. The summed E-state index contributed by atoms with van der Waals surface area (Å²) in [5, 5.41) is 0. The molecule has 1 saturated heterocycles. The number of rotatable bonds is 4. The molecule has 0 spiro atoms. The van der Waals surface area contributed by atoms with E-state index in [9.17, 15) is 9.59 Å². The van der Waals surface area contributed by atoms with Gasteiger partial charge in [-0.25, -0.2) is 0 Å². The van der Waals surface area contributed by atoms with Crippen LogP contribution in [0.3, 0.4) is 0 Å². The van der Waals surface area contributed by atoms with E-state index in [0.717, 1.165) is 37.9 Å². The van der Waals surface area contributed by atoms with Crippen LogP contribution in [-0.4, -0.2) is 24.3 Å². The zero-order chi connectivity index (χ0) is 13.3. The summed E-state index contributed by atoms with van der Waals surface area (Å²) in [6.07, 6.45) is 10.7. The van der Waals surface area contributed by atoms with Crippen LogP contribution < -0.4 is 0 Å². The van der Waals surface area contributed by atoms with Crippen molar-refractivity contribution >= 4 is 12.1 Å². The fourth-order valence-electron chi connectivity index (χ4n) is 4.61. The van der Waals surface area contributed by atoms with Crippen molar-refractivity contribution in [2.45, 2.75) is 63.4 Å². The molecule has 2 aliphatic carbocycles. The van der Waals surface area contributed by atoms with E-state index in [-0.39, 0.29) is 11.7 Å². The zero-order valence-corrected chi connectivity index (χ0v) is 11.6. The number of hydrogen-bond acceptors (Lipinski definition) is 3. The Balaban J connectivity index is 1.75. The largest absolute Gasteiger partial charge is 0.367 e. The molecule has 2 saturated carbocycles. The van der Waals surface area contributed by atoms with E-state index in [0.29, 0.717) is 18.9 Å². The number of Topliss-reactive ketones (excluding diaryl/α,β-unsaturated/α-hetero) is 1. The highest BCUT2D eigenvalue weighted by Gasteiger charge is 2.52. The minimum Gasteiger partial charge on any atom is -0.367 e. The van der Waals surface area contributed by atoms with E-state index >= 15 is 0 Å². The van der Waals surface area contributed by atoms with Gasteiger partial charge in [0.1, 0.15) is 11.4 Å². The highest BCUT2D eigenvalue weighted by molar-refractivity contribution is 5.88. The number of carbonyl (C=O) groups is 2. The Bertz CT molecular complexity index is 351.